The number of nitrogens with two attached hydrogens (primary N) is 1. The maximum absolute atomic E-state index is 5.84. The zero-order valence-electron chi connectivity index (χ0n) is 12.2. The fourth-order valence-electron chi connectivity index (χ4n) is 3.05. The highest BCUT2D eigenvalue weighted by Crippen LogP contribution is 2.25. The lowest BCUT2D eigenvalue weighted by Gasteiger charge is -2.21. The van der Waals surface area contributed by atoms with Crippen LogP contribution in [0.2, 0.25) is 0 Å². The van der Waals surface area contributed by atoms with Crippen molar-refractivity contribution < 1.29 is 0 Å². The number of hydrogen-bond acceptors (Lipinski definition) is 3. The molecular formula is C16H27N3. The van der Waals surface area contributed by atoms with Crippen molar-refractivity contribution >= 4 is 0 Å². The quantitative estimate of drug-likeness (QED) is 0.822. The fourth-order valence-corrected chi connectivity index (χ4v) is 3.05. The molecule has 19 heavy (non-hydrogen) atoms. The highest BCUT2D eigenvalue weighted by molar-refractivity contribution is 5.27. The molecule has 3 nitrogen and oxygen atoms in total. The Morgan fingerprint density at radius 1 is 1.21 bits per heavy atom. The molecule has 0 amide bonds. The van der Waals surface area contributed by atoms with Gasteiger partial charge in [-0.2, -0.15) is 0 Å². The van der Waals surface area contributed by atoms with Crippen LogP contribution in [0.4, 0.5) is 0 Å². The van der Waals surface area contributed by atoms with Gasteiger partial charge in [0, 0.05) is 19.1 Å². The normalized spacial score (nSPS) is 23.2. The van der Waals surface area contributed by atoms with E-state index in [1.165, 1.54) is 30.4 Å². The van der Waals surface area contributed by atoms with Crippen molar-refractivity contribution in [2.45, 2.75) is 38.4 Å². The van der Waals surface area contributed by atoms with Gasteiger partial charge in [-0.15, -0.1) is 0 Å². The summed E-state index contributed by atoms with van der Waals surface area (Å²) in [5.74, 6) is 0.668. The molecule has 3 N–H and O–H groups in total. The van der Waals surface area contributed by atoms with Gasteiger partial charge in [-0.3, -0.25) is 0 Å². The van der Waals surface area contributed by atoms with Crippen LogP contribution in [0.15, 0.2) is 24.3 Å². The minimum atomic E-state index is 0.609. The van der Waals surface area contributed by atoms with E-state index in [4.69, 9.17) is 5.73 Å². The Hall–Kier alpha value is -0.900. The van der Waals surface area contributed by atoms with E-state index in [1.54, 1.807) is 0 Å². The van der Waals surface area contributed by atoms with Crippen molar-refractivity contribution in [1.29, 1.82) is 0 Å². The molecule has 2 rings (SSSR count). The fraction of sp³-hybridized carbons (Fsp3) is 0.625. The predicted molar refractivity (Wildman–Crippen MR) is 80.9 cm³/mol. The van der Waals surface area contributed by atoms with Gasteiger partial charge in [-0.25, -0.2) is 0 Å². The second kappa shape index (κ2) is 7.04. The first-order valence-corrected chi connectivity index (χ1v) is 7.35. The van der Waals surface area contributed by atoms with Crippen molar-refractivity contribution in [3.8, 4) is 0 Å². The van der Waals surface area contributed by atoms with E-state index < -0.39 is 0 Å². The summed E-state index contributed by atoms with van der Waals surface area (Å²) in [5.41, 5.74) is 8.68. The summed E-state index contributed by atoms with van der Waals surface area (Å²) in [5, 5.41) is 3.71. The number of nitrogens with one attached hydrogen (secondary N) is 1. The van der Waals surface area contributed by atoms with E-state index >= 15 is 0 Å². The molecule has 1 fully saturated rings. The van der Waals surface area contributed by atoms with Crippen LogP contribution in [0.1, 0.15) is 30.4 Å². The zero-order valence-corrected chi connectivity index (χ0v) is 12.2. The summed E-state index contributed by atoms with van der Waals surface area (Å²) in [7, 11) is 4.23. The van der Waals surface area contributed by atoms with Gasteiger partial charge in [-0.1, -0.05) is 30.7 Å². The summed E-state index contributed by atoms with van der Waals surface area (Å²) >= 11 is 0. The van der Waals surface area contributed by atoms with E-state index in [0.717, 1.165) is 19.6 Å². The molecule has 2 atom stereocenters. The molecule has 1 saturated carbocycles. The SMILES string of the molecule is CN(C)Cc1ccccc1CNC1CCCC1CN. The van der Waals surface area contributed by atoms with Crippen LogP contribution in [0.5, 0.6) is 0 Å². The number of rotatable bonds is 6. The van der Waals surface area contributed by atoms with Gasteiger partial charge in [0.2, 0.25) is 0 Å². The molecule has 3 heteroatoms. The van der Waals surface area contributed by atoms with Gasteiger partial charge in [0.25, 0.3) is 0 Å². The van der Waals surface area contributed by atoms with E-state index in [-0.39, 0.29) is 0 Å². The Morgan fingerprint density at radius 2 is 1.95 bits per heavy atom. The van der Waals surface area contributed by atoms with Crippen molar-refractivity contribution in [2.75, 3.05) is 20.6 Å². The average Bonchev–Trinajstić information content (AvgIpc) is 2.84. The van der Waals surface area contributed by atoms with E-state index in [2.05, 4.69) is 48.6 Å². The maximum Gasteiger partial charge on any atom is 0.0230 e. The zero-order chi connectivity index (χ0) is 13.7. The molecule has 0 saturated heterocycles. The van der Waals surface area contributed by atoms with Gasteiger partial charge in [-0.05, 0) is 50.5 Å². The summed E-state index contributed by atoms with van der Waals surface area (Å²) in [6.45, 7) is 2.78. The molecule has 1 aromatic rings. The van der Waals surface area contributed by atoms with Crippen LogP contribution < -0.4 is 11.1 Å². The summed E-state index contributed by atoms with van der Waals surface area (Å²) in [6, 6.07) is 9.33. The van der Waals surface area contributed by atoms with Crippen LogP contribution >= 0.6 is 0 Å². The molecule has 106 valence electrons. The highest BCUT2D eigenvalue weighted by atomic mass is 15.0. The van der Waals surface area contributed by atoms with Crippen LogP contribution in [0.3, 0.4) is 0 Å². The monoisotopic (exact) mass is 261 g/mol. The Labute approximate surface area is 117 Å². The van der Waals surface area contributed by atoms with Gasteiger partial charge in [0.1, 0.15) is 0 Å². The molecule has 1 aliphatic rings. The molecular weight excluding hydrogens is 234 g/mol. The smallest absolute Gasteiger partial charge is 0.0230 e. The average molecular weight is 261 g/mol. The minimum absolute atomic E-state index is 0.609. The van der Waals surface area contributed by atoms with Crippen molar-refractivity contribution in [3.63, 3.8) is 0 Å². The number of hydrogen-bond donors (Lipinski definition) is 2. The van der Waals surface area contributed by atoms with Crippen molar-refractivity contribution in [2.24, 2.45) is 11.7 Å². The first-order chi connectivity index (χ1) is 9.20. The lowest BCUT2D eigenvalue weighted by molar-refractivity contribution is 0.391. The molecule has 1 aliphatic carbocycles. The third-order valence-corrected chi connectivity index (χ3v) is 4.12. The Morgan fingerprint density at radius 3 is 2.63 bits per heavy atom. The molecule has 0 spiro atoms. The molecule has 0 aromatic heterocycles. The second-order valence-corrected chi connectivity index (χ2v) is 5.92. The Bertz CT molecular complexity index is 389. The standard InChI is InChI=1S/C16H27N3/c1-19(2)12-15-7-4-3-6-14(15)11-18-16-9-5-8-13(16)10-17/h3-4,6-7,13,16,18H,5,8-12,17H2,1-2H3. The van der Waals surface area contributed by atoms with Crippen LogP contribution in [-0.2, 0) is 13.1 Å². The lowest BCUT2D eigenvalue weighted by Crippen LogP contribution is -2.35. The first kappa shape index (κ1) is 14.5. The van der Waals surface area contributed by atoms with Crippen LogP contribution in [0, 0.1) is 5.92 Å². The molecule has 0 radical (unpaired) electrons. The van der Waals surface area contributed by atoms with Crippen molar-refractivity contribution in [3.05, 3.63) is 35.4 Å². The number of benzene rings is 1. The molecule has 0 aliphatic heterocycles. The number of nitrogens with zero attached hydrogens (tertiary/aromatic N) is 1. The van der Waals surface area contributed by atoms with E-state index in [9.17, 15) is 0 Å². The second-order valence-electron chi connectivity index (χ2n) is 5.92. The first-order valence-electron chi connectivity index (χ1n) is 7.35. The van der Waals surface area contributed by atoms with E-state index in [1.807, 2.05) is 0 Å². The van der Waals surface area contributed by atoms with Gasteiger partial charge in [0.05, 0.1) is 0 Å². The van der Waals surface area contributed by atoms with Crippen LogP contribution in [0.25, 0.3) is 0 Å². The largest absolute Gasteiger partial charge is 0.330 e. The third kappa shape index (κ3) is 4.03. The summed E-state index contributed by atoms with van der Waals surface area (Å²) in [6.07, 6.45) is 3.88. The molecule has 2 unspecified atom stereocenters. The predicted octanol–water partition coefficient (Wildman–Crippen LogP) is 1.97. The lowest BCUT2D eigenvalue weighted by atomic mass is 10.0. The van der Waals surface area contributed by atoms with Crippen molar-refractivity contribution in [1.82, 2.24) is 10.2 Å². The van der Waals surface area contributed by atoms with Crippen LogP contribution in [-0.4, -0.2) is 31.6 Å². The summed E-state index contributed by atoms with van der Waals surface area (Å²) in [4.78, 5) is 2.22. The van der Waals surface area contributed by atoms with Gasteiger partial charge >= 0.3 is 0 Å². The Kier molecular flexibility index (Phi) is 5.37. The topological polar surface area (TPSA) is 41.3 Å². The molecule has 0 bridgehead atoms. The highest BCUT2D eigenvalue weighted by Gasteiger charge is 2.25. The molecule has 1 aromatic carbocycles. The van der Waals surface area contributed by atoms with E-state index in [0.29, 0.717) is 12.0 Å². The summed E-state index contributed by atoms with van der Waals surface area (Å²) < 4.78 is 0. The van der Waals surface area contributed by atoms with Gasteiger partial charge < -0.3 is 16.0 Å². The third-order valence-electron chi connectivity index (χ3n) is 4.12. The van der Waals surface area contributed by atoms with Gasteiger partial charge in [0.15, 0.2) is 0 Å². The Balaban J connectivity index is 1.95. The maximum atomic E-state index is 5.84. The molecule has 0 heterocycles. The minimum Gasteiger partial charge on any atom is -0.330 e.